The van der Waals surface area contributed by atoms with Crippen LogP contribution in [0.5, 0.6) is 0 Å². The lowest BCUT2D eigenvalue weighted by Gasteiger charge is -2.23. The summed E-state index contributed by atoms with van der Waals surface area (Å²) in [5.41, 5.74) is 0.918. The van der Waals surface area contributed by atoms with Crippen LogP contribution in [-0.4, -0.2) is 19.2 Å². The van der Waals surface area contributed by atoms with Crippen molar-refractivity contribution in [3.63, 3.8) is 0 Å². The van der Waals surface area contributed by atoms with E-state index >= 15 is 0 Å². The van der Waals surface area contributed by atoms with Gasteiger partial charge in [0.1, 0.15) is 11.9 Å². The van der Waals surface area contributed by atoms with Crippen LogP contribution in [0.4, 0.5) is 4.39 Å². The van der Waals surface area contributed by atoms with Gasteiger partial charge in [0.25, 0.3) is 0 Å². The predicted octanol–water partition coefficient (Wildman–Crippen LogP) is 1.97. The zero-order valence-corrected chi connectivity index (χ0v) is 9.58. The van der Waals surface area contributed by atoms with Gasteiger partial charge in [0.15, 0.2) is 0 Å². The van der Waals surface area contributed by atoms with E-state index in [1.807, 2.05) is 6.07 Å². The molecule has 0 aliphatic carbocycles. The Bertz CT molecular complexity index is 422. The van der Waals surface area contributed by atoms with Crippen LogP contribution in [0.3, 0.4) is 0 Å². The molecule has 1 saturated heterocycles. The highest BCUT2D eigenvalue weighted by atomic mass is 19.1. The van der Waals surface area contributed by atoms with E-state index in [0.717, 1.165) is 31.5 Å². The highest BCUT2D eigenvalue weighted by molar-refractivity contribution is 5.34. The molecule has 1 heterocycles. The Morgan fingerprint density at radius 3 is 3.12 bits per heavy atom. The summed E-state index contributed by atoms with van der Waals surface area (Å²) in [7, 11) is 0. The fourth-order valence-corrected chi connectivity index (χ4v) is 1.92. The SMILES string of the molecule is N#Cc1cc(CO[C@H]2CCCNC2)ccc1F. The Labute approximate surface area is 100 Å². The number of benzene rings is 1. The van der Waals surface area contributed by atoms with Crippen molar-refractivity contribution in [2.45, 2.75) is 25.6 Å². The van der Waals surface area contributed by atoms with Gasteiger partial charge in [-0.2, -0.15) is 5.26 Å². The summed E-state index contributed by atoms with van der Waals surface area (Å²) in [6.07, 6.45) is 2.40. The number of nitrogens with one attached hydrogen (secondary N) is 1. The van der Waals surface area contributed by atoms with Gasteiger partial charge in [-0.25, -0.2) is 4.39 Å². The zero-order valence-electron chi connectivity index (χ0n) is 9.58. The van der Waals surface area contributed by atoms with Crippen molar-refractivity contribution in [1.29, 1.82) is 5.26 Å². The van der Waals surface area contributed by atoms with Gasteiger partial charge in [0, 0.05) is 6.54 Å². The maximum absolute atomic E-state index is 13.1. The fourth-order valence-electron chi connectivity index (χ4n) is 1.92. The average molecular weight is 234 g/mol. The third-order valence-corrected chi connectivity index (χ3v) is 2.89. The maximum atomic E-state index is 13.1. The monoisotopic (exact) mass is 234 g/mol. The summed E-state index contributed by atoms with van der Waals surface area (Å²) in [6.45, 7) is 2.35. The van der Waals surface area contributed by atoms with Crippen molar-refractivity contribution in [2.75, 3.05) is 13.1 Å². The predicted molar refractivity (Wildman–Crippen MR) is 61.8 cm³/mol. The second-order valence-corrected chi connectivity index (χ2v) is 4.21. The largest absolute Gasteiger partial charge is 0.372 e. The van der Waals surface area contributed by atoms with E-state index in [9.17, 15) is 4.39 Å². The molecule has 3 nitrogen and oxygen atoms in total. The van der Waals surface area contributed by atoms with E-state index in [2.05, 4.69) is 5.32 Å². The molecule has 1 fully saturated rings. The molecule has 0 aromatic heterocycles. The van der Waals surface area contributed by atoms with Gasteiger partial charge < -0.3 is 10.1 Å². The van der Waals surface area contributed by atoms with Crippen LogP contribution in [0.2, 0.25) is 0 Å². The number of hydrogen-bond acceptors (Lipinski definition) is 3. The molecule has 1 aliphatic heterocycles. The molecule has 1 N–H and O–H groups in total. The van der Waals surface area contributed by atoms with Crippen molar-refractivity contribution < 1.29 is 9.13 Å². The first-order chi connectivity index (χ1) is 8.29. The summed E-state index contributed by atoms with van der Waals surface area (Å²) in [5, 5.41) is 12.0. The lowest BCUT2D eigenvalue weighted by molar-refractivity contribution is 0.0252. The molecule has 1 aromatic carbocycles. The second kappa shape index (κ2) is 5.76. The molecule has 90 valence electrons. The molecule has 0 radical (unpaired) electrons. The van der Waals surface area contributed by atoms with Crippen molar-refractivity contribution in [1.82, 2.24) is 5.32 Å². The number of halogens is 1. The lowest BCUT2D eigenvalue weighted by Crippen LogP contribution is -2.35. The fraction of sp³-hybridized carbons (Fsp3) is 0.462. The third kappa shape index (κ3) is 3.26. The van der Waals surface area contributed by atoms with Gasteiger partial charge in [-0.1, -0.05) is 6.07 Å². The molecule has 0 unspecified atom stereocenters. The van der Waals surface area contributed by atoms with E-state index in [1.165, 1.54) is 6.07 Å². The highest BCUT2D eigenvalue weighted by Gasteiger charge is 2.13. The summed E-state index contributed by atoms with van der Waals surface area (Å²) >= 11 is 0. The number of piperidine rings is 1. The first-order valence-corrected chi connectivity index (χ1v) is 5.80. The zero-order chi connectivity index (χ0) is 12.1. The number of hydrogen-bond donors (Lipinski definition) is 1. The van der Waals surface area contributed by atoms with Crippen LogP contribution in [0.15, 0.2) is 18.2 Å². The van der Waals surface area contributed by atoms with Crippen molar-refractivity contribution in [3.8, 4) is 6.07 Å². The minimum atomic E-state index is -0.476. The van der Waals surface area contributed by atoms with Gasteiger partial charge in [0.05, 0.1) is 18.3 Å². The molecular weight excluding hydrogens is 219 g/mol. The molecule has 0 bridgehead atoms. The standard InChI is InChI=1S/C13H15FN2O/c14-13-4-3-10(6-11(13)7-15)9-17-12-2-1-5-16-8-12/h3-4,6,12,16H,1-2,5,8-9H2/t12-/m0/s1. The Morgan fingerprint density at radius 1 is 1.53 bits per heavy atom. The molecule has 0 amide bonds. The van der Waals surface area contributed by atoms with Crippen molar-refractivity contribution >= 4 is 0 Å². The van der Waals surface area contributed by atoms with Crippen molar-refractivity contribution in [2.24, 2.45) is 0 Å². The van der Waals surface area contributed by atoms with Gasteiger partial charge >= 0.3 is 0 Å². The average Bonchev–Trinajstić information content (AvgIpc) is 2.39. The van der Waals surface area contributed by atoms with E-state index < -0.39 is 5.82 Å². The summed E-state index contributed by atoms with van der Waals surface area (Å²) in [5.74, 6) is -0.476. The minimum absolute atomic E-state index is 0.0767. The topological polar surface area (TPSA) is 45.0 Å². The van der Waals surface area contributed by atoms with Crippen LogP contribution in [0, 0.1) is 17.1 Å². The quantitative estimate of drug-likeness (QED) is 0.869. The lowest BCUT2D eigenvalue weighted by atomic mass is 10.1. The minimum Gasteiger partial charge on any atom is -0.372 e. The molecule has 17 heavy (non-hydrogen) atoms. The molecular formula is C13H15FN2O. The van der Waals surface area contributed by atoms with Crippen LogP contribution in [0.1, 0.15) is 24.0 Å². The summed E-state index contributed by atoms with van der Waals surface area (Å²) in [6, 6.07) is 6.35. The van der Waals surface area contributed by atoms with E-state index in [4.69, 9.17) is 10.00 Å². The molecule has 2 rings (SSSR count). The number of nitrogens with zero attached hydrogens (tertiary/aromatic N) is 1. The Balaban J connectivity index is 1.92. The molecule has 1 atom stereocenters. The van der Waals surface area contributed by atoms with Crippen molar-refractivity contribution in [3.05, 3.63) is 35.1 Å². The van der Waals surface area contributed by atoms with E-state index in [1.54, 1.807) is 12.1 Å². The Morgan fingerprint density at radius 2 is 2.41 bits per heavy atom. The summed E-state index contributed by atoms with van der Waals surface area (Å²) < 4.78 is 18.8. The number of nitriles is 1. The molecule has 4 heteroatoms. The molecule has 0 spiro atoms. The van der Waals surface area contributed by atoms with Crippen LogP contribution < -0.4 is 5.32 Å². The first kappa shape index (κ1) is 12.0. The van der Waals surface area contributed by atoms with Gasteiger partial charge in [0.2, 0.25) is 0 Å². The van der Waals surface area contributed by atoms with E-state index in [0.29, 0.717) is 6.61 Å². The number of ether oxygens (including phenoxy) is 1. The summed E-state index contributed by atoms with van der Waals surface area (Å²) in [4.78, 5) is 0. The third-order valence-electron chi connectivity index (χ3n) is 2.89. The Kier molecular flexibility index (Phi) is 4.08. The second-order valence-electron chi connectivity index (χ2n) is 4.21. The normalized spacial score (nSPS) is 19.9. The maximum Gasteiger partial charge on any atom is 0.140 e. The van der Waals surface area contributed by atoms with Crippen LogP contribution in [0.25, 0.3) is 0 Å². The van der Waals surface area contributed by atoms with Crippen LogP contribution in [-0.2, 0) is 11.3 Å². The Hall–Kier alpha value is -1.44. The number of rotatable bonds is 3. The highest BCUT2D eigenvalue weighted by Crippen LogP contribution is 2.13. The molecule has 1 aromatic rings. The van der Waals surface area contributed by atoms with Crippen LogP contribution >= 0.6 is 0 Å². The van der Waals surface area contributed by atoms with Gasteiger partial charge in [-0.15, -0.1) is 0 Å². The molecule has 1 aliphatic rings. The van der Waals surface area contributed by atoms with E-state index in [-0.39, 0.29) is 11.7 Å². The molecule has 0 saturated carbocycles. The van der Waals surface area contributed by atoms with Gasteiger partial charge in [-0.3, -0.25) is 0 Å². The van der Waals surface area contributed by atoms with Gasteiger partial charge in [-0.05, 0) is 37.1 Å². The first-order valence-electron chi connectivity index (χ1n) is 5.80. The smallest absolute Gasteiger partial charge is 0.140 e.